The van der Waals surface area contributed by atoms with Crippen LogP contribution in [0.4, 0.5) is 0 Å². The molecule has 0 fully saturated rings. The standard InChI is InChI=1S/C13H22/c1-5-9-12(8-4)13(10-6-2)11-7-3/h6,8,10H,2,5,7,9,11H2,1,3-4H3/b12-8-,13-10-. The Kier molecular flexibility index (Phi) is 7.38. The maximum Gasteiger partial charge on any atom is -0.0279 e. The predicted octanol–water partition coefficient (Wildman–Crippen LogP) is 4.65. The zero-order valence-corrected chi connectivity index (χ0v) is 9.27. The smallest absolute Gasteiger partial charge is 0.0279 e. The largest absolute Gasteiger partial charge is 0.0991 e. The number of allylic oxidation sites excluding steroid dienone is 5. The van der Waals surface area contributed by atoms with E-state index in [2.05, 4.69) is 39.5 Å². The zero-order chi connectivity index (χ0) is 10.1. The minimum atomic E-state index is 1.17. The second kappa shape index (κ2) is 7.85. The van der Waals surface area contributed by atoms with Crippen molar-refractivity contribution in [3.05, 3.63) is 36.0 Å². The van der Waals surface area contributed by atoms with Crippen LogP contribution in [0.5, 0.6) is 0 Å². The molecule has 0 amide bonds. The summed E-state index contributed by atoms with van der Waals surface area (Å²) in [4.78, 5) is 0. The quantitative estimate of drug-likeness (QED) is 0.519. The molecule has 0 aliphatic rings. The molecule has 13 heavy (non-hydrogen) atoms. The van der Waals surface area contributed by atoms with Crippen LogP contribution in [-0.4, -0.2) is 0 Å². The van der Waals surface area contributed by atoms with Gasteiger partial charge < -0.3 is 0 Å². The van der Waals surface area contributed by atoms with E-state index in [0.717, 1.165) is 0 Å². The van der Waals surface area contributed by atoms with Crippen LogP contribution in [-0.2, 0) is 0 Å². The summed E-state index contributed by atoms with van der Waals surface area (Å²) in [5.41, 5.74) is 2.95. The van der Waals surface area contributed by atoms with Gasteiger partial charge in [-0.05, 0) is 30.9 Å². The third-order valence-corrected chi connectivity index (χ3v) is 2.12. The summed E-state index contributed by atoms with van der Waals surface area (Å²) in [6, 6.07) is 0. The Morgan fingerprint density at radius 1 is 1.08 bits per heavy atom. The molecule has 0 aliphatic carbocycles. The molecule has 0 rings (SSSR count). The predicted molar refractivity (Wildman–Crippen MR) is 61.9 cm³/mol. The van der Waals surface area contributed by atoms with E-state index in [1.54, 1.807) is 0 Å². The lowest BCUT2D eigenvalue weighted by Gasteiger charge is -2.09. The van der Waals surface area contributed by atoms with E-state index in [-0.39, 0.29) is 0 Å². The van der Waals surface area contributed by atoms with Crippen LogP contribution in [0.1, 0.15) is 46.5 Å². The van der Waals surface area contributed by atoms with Crippen LogP contribution < -0.4 is 0 Å². The highest BCUT2D eigenvalue weighted by atomic mass is 14.1. The summed E-state index contributed by atoms with van der Waals surface area (Å²) in [6.45, 7) is 10.3. The molecule has 0 aliphatic heterocycles. The first kappa shape index (κ1) is 12.2. The molecule has 0 spiro atoms. The second-order valence-corrected chi connectivity index (χ2v) is 3.24. The molecule has 0 aromatic carbocycles. The average Bonchev–Trinajstić information content (AvgIpc) is 2.14. The normalized spacial score (nSPS) is 13.2. The Labute approximate surface area is 83.0 Å². The molecule has 74 valence electrons. The van der Waals surface area contributed by atoms with Crippen molar-refractivity contribution < 1.29 is 0 Å². The van der Waals surface area contributed by atoms with Crippen molar-refractivity contribution in [1.29, 1.82) is 0 Å². The van der Waals surface area contributed by atoms with Crippen LogP contribution in [0.25, 0.3) is 0 Å². The Balaban J connectivity index is 4.49. The van der Waals surface area contributed by atoms with Gasteiger partial charge in [0.25, 0.3) is 0 Å². The van der Waals surface area contributed by atoms with Gasteiger partial charge in [-0.3, -0.25) is 0 Å². The van der Waals surface area contributed by atoms with Crippen molar-refractivity contribution in [2.45, 2.75) is 46.5 Å². The summed E-state index contributed by atoms with van der Waals surface area (Å²) >= 11 is 0. The highest BCUT2D eigenvalue weighted by Crippen LogP contribution is 2.20. The van der Waals surface area contributed by atoms with Gasteiger partial charge in [0, 0.05) is 0 Å². The lowest BCUT2D eigenvalue weighted by molar-refractivity contribution is 0.851. The monoisotopic (exact) mass is 178 g/mol. The van der Waals surface area contributed by atoms with Gasteiger partial charge >= 0.3 is 0 Å². The molecule has 0 atom stereocenters. The lowest BCUT2D eigenvalue weighted by Crippen LogP contribution is -1.89. The topological polar surface area (TPSA) is 0 Å². The van der Waals surface area contributed by atoms with E-state index in [9.17, 15) is 0 Å². The summed E-state index contributed by atoms with van der Waals surface area (Å²) in [6.07, 6.45) is 11.1. The highest BCUT2D eigenvalue weighted by molar-refractivity contribution is 5.32. The molecule has 0 aromatic rings. The summed E-state index contributed by atoms with van der Waals surface area (Å²) in [5, 5.41) is 0. The van der Waals surface area contributed by atoms with E-state index >= 15 is 0 Å². The van der Waals surface area contributed by atoms with Gasteiger partial charge in [-0.1, -0.05) is 51.5 Å². The second-order valence-electron chi connectivity index (χ2n) is 3.24. The molecule has 0 unspecified atom stereocenters. The molecular weight excluding hydrogens is 156 g/mol. The van der Waals surface area contributed by atoms with Gasteiger partial charge in [0.2, 0.25) is 0 Å². The van der Waals surface area contributed by atoms with Gasteiger partial charge in [0.15, 0.2) is 0 Å². The molecule has 0 saturated carbocycles. The van der Waals surface area contributed by atoms with Crippen molar-refractivity contribution in [3.63, 3.8) is 0 Å². The number of hydrogen-bond donors (Lipinski definition) is 0. The first-order valence-electron chi connectivity index (χ1n) is 5.27. The third kappa shape index (κ3) is 4.72. The van der Waals surface area contributed by atoms with E-state index < -0.39 is 0 Å². The summed E-state index contributed by atoms with van der Waals surface area (Å²) < 4.78 is 0. The molecule has 0 radical (unpaired) electrons. The average molecular weight is 178 g/mol. The molecule has 0 nitrogen and oxygen atoms in total. The van der Waals surface area contributed by atoms with Crippen molar-refractivity contribution in [1.82, 2.24) is 0 Å². The van der Waals surface area contributed by atoms with Crippen LogP contribution in [0.3, 0.4) is 0 Å². The van der Waals surface area contributed by atoms with Crippen molar-refractivity contribution in [3.8, 4) is 0 Å². The highest BCUT2D eigenvalue weighted by Gasteiger charge is 2.00. The molecule has 0 heteroatoms. The van der Waals surface area contributed by atoms with E-state index in [1.165, 1.54) is 36.8 Å². The minimum Gasteiger partial charge on any atom is -0.0991 e. The van der Waals surface area contributed by atoms with Gasteiger partial charge in [0.05, 0.1) is 0 Å². The molecule has 0 bridgehead atoms. The number of rotatable bonds is 6. The van der Waals surface area contributed by atoms with Crippen LogP contribution in [0, 0.1) is 0 Å². The van der Waals surface area contributed by atoms with E-state index in [1.807, 2.05) is 6.08 Å². The molecular formula is C13H22. The van der Waals surface area contributed by atoms with Crippen LogP contribution in [0.15, 0.2) is 36.0 Å². The van der Waals surface area contributed by atoms with E-state index in [4.69, 9.17) is 0 Å². The molecule has 0 N–H and O–H groups in total. The maximum absolute atomic E-state index is 3.76. The number of hydrogen-bond acceptors (Lipinski definition) is 0. The first-order valence-corrected chi connectivity index (χ1v) is 5.27. The van der Waals surface area contributed by atoms with Gasteiger partial charge in [-0.2, -0.15) is 0 Å². The third-order valence-electron chi connectivity index (χ3n) is 2.12. The lowest BCUT2D eigenvalue weighted by atomic mass is 9.97. The fraction of sp³-hybridized carbons (Fsp3) is 0.538. The maximum atomic E-state index is 3.76. The van der Waals surface area contributed by atoms with Crippen molar-refractivity contribution in [2.24, 2.45) is 0 Å². The Bertz CT molecular complexity index is 194. The SMILES string of the molecule is C=C/C=C(CCC)\C(=C/C)CCC. The summed E-state index contributed by atoms with van der Waals surface area (Å²) in [7, 11) is 0. The van der Waals surface area contributed by atoms with Gasteiger partial charge in [-0.15, -0.1) is 0 Å². The van der Waals surface area contributed by atoms with E-state index in [0.29, 0.717) is 0 Å². The fourth-order valence-corrected chi connectivity index (χ4v) is 1.52. The first-order chi connectivity index (χ1) is 6.29. The fourth-order valence-electron chi connectivity index (χ4n) is 1.52. The molecule has 0 saturated heterocycles. The van der Waals surface area contributed by atoms with Crippen molar-refractivity contribution in [2.75, 3.05) is 0 Å². The summed E-state index contributed by atoms with van der Waals surface area (Å²) in [5.74, 6) is 0. The van der Waals surface area contributed by atoms with Crippen LogP contribution in [0.2, 0.25) is 0 Å². The van der Waals surface area contributed by atoms with Gasteiger partial charge in [0.1, 0.15) is 0 Å². The van der Waals surface area contributed by atoms with Crippen LogP contribution >= 0.6 is 0 Å². The minimum absolute atomic E-state index is 1.17. The molecule has 0 heterocycles. The Morgan fingerprint density at radius 3 is 2.00 bits per heavy atom. The molecule has 0 aromatic heterocycles. The Morgan fingerprint density at radius 2 is 1.62 bits per heavy atom. The van der Waals surface area contributed by atoms with Crippen molar-refractivity contribution >= 4 is 0 Å². The van der Waals surface area contributed by atoms with Gasteiger partial charge in [-0.25, -0.2) is 0 Å². The zero-order valence-electron chi connectivity index (χ0n) is 9.27. The Hall–Kier alpha value is -0.780.